The van der Waals surface area contributed by atoms with Gasteiger partial charge in [0.15, 0.2) is 11.5 Å². The molecule has 0 amide bonds. The number of halogens is 2. The highest BCUT2D eigenvalue weighted by Crippen LogP contribution is 2.22. The molecule has 0 saturated carbocycles. The molecule has 0 unspecified atom stereocenters. The summed E-state index contributed by atoms with van der Waals surface area (Å²) in [5, 5.41) is 13.3. The van der Waals surface area contributed by atoms with Crippen LogP contribution in [0.5, 0.6) is 0 Å². The Hall–Kier alpha value is -3.09. The number of nitrogens with zero attached hydrogens (tertiary/aromatic N) is 3. The lowest BCUT2D eigenvalue weighted by Crippen LogP contribution is -2.09. The van der Waals surface area contributed by atoms with Gasteiger partial charge in [0.25, 0.3) is 0 Å². The summed E-state index contributed by atoms with van der Waals surface area (Å²) in [4.78, 5) is 15.4. The molecule has 7 heteroatoms. The van der Waals surface area contributed by atoms with Crippen LogP contribution in [0.4, 0.5) is 8.78 Å². The molecule has 2 aromatic heterocycles. The highest BCUT2D eigenvalue weighted by atomic mass is 19.1. The van der Waals surface area contributed by atoms with Gasteiger partial charge in [-0.1, -0.05) is 6.07 Å². The average molecular weight is 301 g/mol. The monoisotopic (exact) mass is 301 g/mol. The lowest BCUT2D eigenvalue weighted by molar-refractivity contribution is 0.0687. The van der Waals surface area contributed by atoms with Crippen LogP contribution in [0.25, 0.3) is 17.1 Å². The van der Waals surface area contributed by atoms with Gasteiger partial charge in [-0.25, -0.2) is 18.3 Å². The molecule has 3 rings (SSSR count). The minimum Gasteiger partial charge on any atom is -0.477 e. The van der Waals surface area contributed by atoms with Crippen LogP contribution in [-0.4, -0.2) is 25.8 Å². The first kappa shape index (κ1) is 13.9. The molecule has 1 N–H and O–H groups in total. The highest BCUT2D eigenvalue weighted by Gasteiger charge is 2.19. The summed E-state index contributed by atoms with van der Waals surface area (Å²) in [6.45, 7) is 0. The van der Waals surface area contributed by atoms with E-state index in [1.807, 2.05) is 0 Å². The third-order valence-electron chi connectivity index (χ3n) is 2.99. The summed E-state index contributed by atoms with van der Waals surface area (Å²) < 4.78 is 27.8. The summed E-state index contributed by atoms with van der Waals surface area (Å²) in [5.41, 5.74) is 0.333. The van der Waals surface area contributed by atoms with E-state index in [0.29, 0.717) is 11.8 Å². The first-order valence-corrected chi connectivity index (χ1v) is 6.26. The fourth-order valence-corrected chi connectivity index (χ4v) is 2.01. The Kier molecular flexibility index (Phi) is 3.38. The molecule has 22 heavy (non-hydrogen) atoms. The molecule has 110 valence electrons. The van der Waals surface area contributed by atoms with Crippen molar-refractivity contribution in [1.82, 2.24) is 14.8 Å². The Balaban J connectivity index is 2.18. The van der Waals surface area contributed by atoms with Crippen LogP contribution < -0.4 is 0 Å². The summed E-state index contributed by atoms with van der Waals surface area (Å²) in [7, 11) is 0. The van der Waals surface area contributed by atoms with Gasteiger partial charge in [0, 0.05) is 18.3 Å². The predicted octanol–water partition coefficient (Wildman–Crippen LogP) is 2.91. The van der Waals surface area contributed by atoms with Crippen molar-refractivity contribution >= 4 is 5.97 Å². The second-order valence-electron chi connectivity index (χ2n) is 4.44. The van der Waals surface area contributed by atoms with E-state index in [2.05, 4.69) is 10.1 Å². The minimum absolute atomic E-state index is 0.152. The minimum atomic E-state index is -1.28. The van der Waals surface area contributed by atoms with Crippen LogP contribution in [0.3, 0.4) is 0 Å². The maximum absolute atomic E-state index is 13.9. The molecule has 0 aliphatic heterocycles. The average Bonchev–Trinajstić information content (AvgIpc) is 2.93. The van der Waals surface area contributed by atoms with E-state index in [0.717, 1.165) is 16.8 Å². The molecule has 0 bridgehead atoms. The first-order chi connectivity index (χ1) is 10.6. The smallest absolute Gasteiger partial charge is 0.354 e. The summed E-state index contributed by atoms with van der Waals surface area (Å²) in [5.74, 6) is -2.94. The quantitative estimate of drug-likeness (QED) is 0.807. The van der Waals surface area contributed by atoms with Crippen LogP contribution >= 0.6 is 0 Å². The fourth-order valence-electron chi connectivity index (χ4n) is 2.01. The molecule has 0 fully saturated rings. The fraction of sp³-hybridized carbons (Fsp3) is 0. The topological polar surface area (TPSA) is 68.0 Å². The zero-order valence-electron chi connectivity index (χ0n) is 11.1. The van der Waals surface area contributed by atoms with E-state index in [1.165, 1.54) is 12.3 Å². The number of hydrogen-bond acceptors (Lipinski definition) is 3. The van der Waals surface area contributed by atoms with E-state index in [-0.39, 0.29) is 17.1 Å². The maximum Gasteiger partial charge on any atom is 0.354 e. The first-order valence-electron chi connectivity index (χ1n) is 6.26. The number of rotatable bonds is 3. The predicted molar refractivity (Wildman–Crippen MR) is 73.7 cm³/mol. The summed E-state index contributed by atoms with van der Waals surface area (Å²) >= 11 is 0. The Morgan fingerprint density at radius 3 is 2.55 bits per heavy atom. The number of carbonyl (C=O) groups is 1. The van der Waals surface area contributed by atoms with Gasteiger partial charge in [-0.05, 0) is 24.3 Å². The molecule has 5 nitrogen and oxygen atoms in total. The van der Waals surface area contributed by atoms with Gasteiger partial charge >= 0.3 is 5.97 Å². The van der Waals surface area contributed by atoms with Crippen LogP contribution in [0, 0.1) is 11.6 Å². The third kappa shape index (κ3) is 2.44. The van der Waals surface area contributed by atoms with Crippen LogP contribution in [0.15, 0.2) is 48.7 Å². The molecule has 2 heterocycles. The number of hydrogen-bond donors (Lipinski definition) is 1. The number of aromatic nitrogens is 3. The Bertz CT molecular complexity index is 847. The van der Waals surface area contributed by atoms with E-state index in [4.69, 9.17) is 0 Å². The van der Waals surface area contributed by atoms with Gasteiger partial charge in [-0.2, -0.15) is 5.10 Å². The van der Waals surface area contributed by atoms with Gasteiger partial charge in [-0.15, -0.1) is 0 Å². The molecule has 1 aromatic carbocycles. The van der Waals surface area contributed by atoms with Crippen LogP contribution in [0.1, 0.15) is 10.5 Å². The number of aromatic carboxylic acids is 1. The Labute approximate surface area is 123 Å². The SMILES string of the molecule is O=C(O)c1cc(-c2ccccn2)nn1-c1ccc(F)cc1F. The highest BCUT2D eigenvalue weighted by molar-refractivity contribution is 5.88. The Morgan fingerprint density at radius 1 is 1.09 bits per heavy atom. The lowest BCUT2D eigenvalue weighted by Gasteiger charge is -2.05. The normalized spacial score (nSPS) is 10.6. The van der Waals surface area contributed by atoms with Gasteiger partial charge < -0.3 is 5.11 Å². The molecule has 0 aliphatic carbocycles. The molecule has 0 spiro atoms. The lowest BCUT2D eigenvalue weighted by atomic mass is 10.2. The van der Waals surface area contributed by atoms with Gasteiger partial charge in [0.05, 0.1) is 5.69 Å². The zero-order valence-corrected chi connectivity index (χ0v) is 11.1. The number of carboxylic acids is 1. The van der Waals surface area contributed by atoms with E-state index in [9.17, 15) is 18.7 Å². The van der Waals surface area contributed by atoms with E-state index < -0.39 is 17.6 Å². The summed E-state index contributed by atoms with van der Waals surface area (Å²) in [6, 6.07) is 9.20. The van der Waals surface area contributed by atoms with Crippen molar-refractivity contribution in [2.45, 2.75) is 0 Å². The third-order valence-corrected chi connectivity index (χ3v) is 2.99. The number of carboxylic acid groups (broad SMARTS) is 1. The van der Waals surface area contributed by atoms with Crippen molar-refractivity contribution in [3.8, 4) is 17.1 Å². The second-order valence-corrected chi connectivity index (χ2v) is 4.44. The van der Waals surface area contributed by atoms with Gasteiger partial charge in [0.1, 0.15) is 17.2 Å². The van der Waals surface area contributed by atoms with E-state index in [1.54, 1.807) is 18.2 Å². The molecule has 3 aromatic rings. The number of benzene rings is 1. The molecular weight excluding hydrogens is 292 g/mol. The Morgan fingerprint density at radius 2 is 1.91 bits per heavy atom. The van der Waals surface area contributed by atoms with E-state index >= 15 is 0 Å². The van der Waals surface area contributed by atoms with Crippen LogP contribution in [0.2, 0.25) is 0 Å². The molecule has 0 radical (unpaired) electrons. The molecule has 0 saturated heterocycles. The largest absolute Gasteiger partial charge is 0.477 e. The van der Waals surface area contributed by atoms with Crippen molar-refractivity contribution in [2.24, 2.45) is 0 Å². The standard InChI is InChI=1S/C15H9F2N3O2/c16-9-4-5-13(10(17)7-9)20-14(15(21)22)8-12(19-20)11-3-1-2-6-18-11/h1-8H,(H,21,22). The molecule has 0 atom stereocenters. The van der Waals surface area contributed by atoms with Crippen LogP contribution in [-0.2, 0) is 0 Å². The molecule has 0 aliphatic rings. The summed E-state index contributed by atoms with van der Waals surface area (Å²) in [6.07, 6.45) is 1.53. The maximum atomic E-state index is 13.9. The van der Waals surface area contributed by atoms with Crippen molar-refractivity contribution in [2.75, 3.05) is 0 Å². The van der Waals surface area contributed by atoms with Gasteiger partial charge in [0.2, 0.25) is 0 Å². The van der Waals surface area contributed by atoms with Crippen molar-refractivity contribution in [1.29, 1.82) is 0 Å². The van der Waals surface area contributed by atoms with Crippen molar-refractivity contribution < 1.29 is 18.7 Å². The second kappa shape index (κ2) is 5.36. The zero-order chi connectivity index (χ0) is 15.7. The van der Waals surface area contributed by atoms with Gasteiger partial charge in [-0.3, -0.25) is 4.98 Å². The van der Waals surface area contributed by atoms with Crippen molar-refractivity contribution in [3.63, 3.8) is 0 Å². The number of pyridine rings is 1. The molecular formula is C15H9F2N3O2. The van der Waals surface area contributed by atoms with Crippen molar-refractivity contribution in [3.05, 3.63) is 66.0 Å².